The summed E-state index contributed by atoms with van der Waals surface area (Å²) < 4.78 is 43.2. The second-order valence-corrected chi connectivity index (χ2v) is 5.90. The molecule has 0 aliphatic heterocycles. The van der Waals surface area contributed by atoms with Crippen molar-refractivity contribution >= 4 is 17.2 Å². The Morgan fingerprint density at radius 1 is 1.17 bits per heavy atom. The summed E-state index contributed by atoms with van der Waals surface area (Å²) in [6, 6.07) is 8.40. The van der Waals surface area contributed by atoms with E-state index in [1.807, 2.05) is 0 Å². The number of hydrogen-bond acceptors (Lipinski definition) is 6. The minimum Gasteiger partial charge on any atom is -0.406 e. The molecule has 4 rings (SSSR count). The number of nitrogens with one attached hydrogen (secondary N) is 1. The van der Waals surface area contributed by atoms with E-state index in [4.69, 9.17) is 0 Å². The maximum Gasteiger partial charge on any atom is 0.573 e. The third-order valence-electron chi connectivity index (χ3n) is 3.79. The molecule has 0 saturated carbocycles. The van der Waals surface area contributed by atoms with Gasteiger partial charge in [0.15, 0.2) is 5.65 Å². The van der Waals surface area contributed by atoms with Crippen LogP contribution in [0.25, 0.3) is 16.9 Å². The van der Waals surface area contributed by atoms with Crippen molar-refractivity contribution in [1.29, 1.82) is 0 Å². The van der Waals surface area contributed by atoms with Gasteiger partial charge in [0.1, 0.15) is 24.3 Å². The standard InChI is InChI=1S/C17H12F3N7O2/c18-17(19,20)29-13-3-1-12(2-4-13)23-16(28)9-26-8-14(24-25-26)11-5-6-27-15(7-11)21-10-22-27/h1-8,10H,9H2,(H,23,28). The van der Waals surface area contributed by atoms with Crippen molar-refractivity contribution in [3.8, 4) is 17.0 Å². The molecule has 1 N–H and O–H groups in total. The van der Waals surface area contributed by atoms with E-state index in [2.05, 4.69) is 30.4 Å². The molecule has 0 atom stereocenters. The van der Waals surface area contributed by atoms with Gasteiger partial charge in [0.25, 0.3) is 0 Å². The van der Waals surface area contributed by atoms with E-state index in [9.17, 15) is 18.0 Å². The van der Waals surface area contributed by atoms with Crippen molar-refractivity contribution in [3.05, 3.63) is 55.1 Å². The summed E-state index contributed by atoms with van der Waals surface area (Å²) in [4.78, 5) is 16.2. The van der Waals surface area contributed by atoms with E-state index in [1.54, 1.807) is 29.0 Å². The van der Waals surface area contributed by atoms with E-state index < -0.39 is 12.3 Å². The number of hydrogen-bond donors (Lipinski definition) is 1. The fraction of sp³-hybridized carbons (Fsp3) is 0.118. The molecule has 12 heteroatoms. The van der Waals surface area contributed by atoms with Gasteiger partial charge in [0.2, 0.25) is 5.91 Å². The number of fused-ring (bicyclic) bond motifs is 1. The Kier molecular flexibility index (Phi) is 4.58. The first-order valence-electron chi connectivity index (χ1n) is 8.21. The SMILES string of the molecule is O=C(Cn1cc(-c2ccn3ncnc3c2)nn1)Nc1ccc(OC(F)(F)F)cc1. The number of amides is 1. The van der Waals surface area contributed by atoms with Gasteiger partial charge < -0.3 is 10.1 Å². The Hall–Kier alpha value is -3.96. The van der Waals surface area contributed by atoms with Crippen LogP contribution >= 0.6 is 0 Å². The van der Waals surface area contributed by atoms with Crippen LogP contribution in [0, 0.1) is 0 Å². The third-order valence-corrected chi connectivity index (χ3v) is 3.79. The summed E-state index contributed by atoms with van der Waals surface area (Å²) >= 11 is 0. The number of anilines is 1. The predicted octanol–water partition coefficient (Wildman–Crippen LogP) is 2.53. The van der Waals surface area contributed by atoms with Crippen LogP contribution in [-0.2, 0) is 11.3 Å². The maximum absolute atomic E-state index is 12.2. The highest BCUT2D eigenvalue weighted by molar-refractivity contribution is 5.90. The molecule has 29 heavy (non-hydrogen) atoms. The van der Waals surface area contributed by atoms with Crippen molar-refractivity contribution in [2.24, 2.45) is 0 Å². The molecular weight excluding hydrogens is 391 g/mol. The molecule has 9 nitrogen and oxygen atoms in total. The highest BCUT2D eigenvalue weighted by atomic mass is 19.4. The molecule has 1 aromatic carbocycles. The number of benzene rings is 1. The molecular formula is C17H12F3N7O2. The molecule has 0 radical (unpaired) electrons. The number of ether oxygens (including phenoxy) is 1. The number of halogens is 3. The summed E-state index contributed by atoms with van der Waals surface area (Å²) in [7, 11) is 0. The summed E-state index contributed by atoms with van der Waals surface area (Å²) in [5.74, 6) is -0.792. The molecule has 0 fully saturated rings. The van der Waals surface area contributed by atoms with Gasteiger partial charge >= 0.3 is 6.36 Å². The van der Waals surface area contributed by atoms with Crippen LogP contribution in [0.5, 0.6) is 5.75 Å². The number of alkyl halides is 3. The smallest absolute Gasteiger partial charge is 0.406 e. The molecule has 148 valence electrons. The van der Waals surface area contributed by atoms with Crippen molar-refractivity contribution in [3.63, 3.8) is 0 Å². The monoisotopic (exact) mass is 403 g/mol. The van der Waals surface area contributed by atoms with Gasteiger partial charge in [0.05, 0.1) is 6.20 Å². The zero-order valence-electron chi connectivity index (χ0n) is 14.5. The van der Waals surface area contributed by atoms with Gasteiger partial charge in [-0.2, -0.15) is 5.10 Å². The molecule has 0 bridgehead atoms. The van der Waals surface area contributed by atoms with E-state index in [-0.39, 0.29) is 12.3 Å². The Morgan fingerprint density at radius 3 is 2.72 bits per heavy atom. The van der Waals surface area contributed by atoms with E-state index in [0.29, 0.717) is 17.0 Å². The Labute approximate surface area is 160 Å². The average Bonchev–Trinajstić information content (AvgIpc) is 3.30. The van der Waals surface area contributed by atoms with Crippen LogP contribution in [0.3, 0.4) is 0 Å². The normalized spacial score (nSPS) is 11.6. The van der Waals surface area contributed by atoms with E-state index in [1.165, 1.54) is 23.1 Å². The quantitative estimate of drug-likeness (QED) is 0.550. The van der Waals surface area contributed by atoms with Crippen LogP contribution in [0.2, 0.25) is 0 Å². The van der Waals surface area contributed by atoms with Crippen molar-refractivity contribution in [2.45, 2.75) is 12.9 Å². The molecule has 0 saturated heterocycles. The number of rotatable bonds is 5. The largest absolute Gasteiger partial charge is 0.573 e. The van der Waals surface area contributed by atoms with Crippen molar-refractivity contribution < 1.29 is 22.7 Å². The van der Waals surface area contributed by atoms with Crippen LogP contribution < -0.4 is 10.1 Å². The maximum atomic E-state index is 12.2. The highest BCUT2D eigenvalue weighted by Gasteiger charge is 2.30. The minimum absolute atomic E-state index is 0.124. The lowest BCUT2D eigenvalue weighted by Gasteiger charge is -2.09. The first kappa shape index (κ1) is 18.4. The summed E-state index contributed by atoms with van der Waals surface area (Å²) in [5, 5.41) is 14.5. The Balaban J connectivity index is 1.39. The summed E-state index contributed by atoms with van der Waals surface area (Å²) in [5.41, 5.74) is 2.28. The number of pyridine rings is 1. The number of carbonyl (C=O) groups is 1. The molecule has 0 aliphatic rings. The number of carbonyl (C=O) groups excluding carboxylic acids is 1. The first-order valence-corrected chi connectivity index (χ1v) is 8.21. The third kappa shape index (κ3) is 4.48. The second-order valence-electron chi connectivity index (χ2n) is 5.90. The molecule has 0 unspecified atom stereocenters. The molecule has 3 heterocycles. The second kappa shape index (κ2) is 7.22. The summed E-state index contributed by atoms with van der Waals surface area (Å²) in [6.45, 7) is -0.124. The van der Waals surface area contributed by atoms with Crippen LogP contribution in [-0.4, -0.2) is 41.9 Å². The predicted molar refractivity (Wildman–Crippen MR) is 93.8 cm³/mol. The fourth-order valence-corrected chi connectivity index (χ4v) is 2.57. The lowest BCUT2D eigenvalue weighted by atomic mass is 10.2. The highest BCUT2D eigenvalue weighted by Crippen LogP contribution is 2.24. The molecule has 3 aromatic heterocycles. The molecule has 0 spiro atoms. The van der Waals surface area contributed by atoms with Crippen LogP contribution in [0.15, 0.2) is 55.1 Å². The number of nitrogens with zero attached hydrogens (tertiary/aromatic N) is 6. The van der Waals surface area contributed by atoms with Crippen molar-refractivity contribution in [1.82, 2.24) is 29.6 Å². The van der Waals surface area contributed by atoms with E-state index >= 15 is 0 Å². The number of aromatic nitrogens is 6. The van der Waals surface area contributed by atoms with Gasteiger partial charge in [-0.25, -0.2) is 14.2 Å². The fourth-order valence-electron chi connectivity index (χ4n) is 2.57. The molecule has 0 aliphatic carbocycles. The topological polar surface area (TPSA) is 99.2 Å². The van der Waals surface area contributed by atoms with Gasteiger partial charge in [-0.1, -0.05) is 5.21 Å². The lowest BCUT2D eigenvalue weighted by molar-refractivity contribution is -0.274. The Morgan fingerprint density at radius 2 is 1.97 bits per heavy atom. The van der Waals surface area contributed by atoms with Crippen LogP contribution in [0.1, 0.15) is 0 Å². The van der Waals surface area contributed by atoms with Crippen molar-refractivity contribution in [2.75, 3.05) is 5.32 Å². The molecule has 4 aromatic rings. The van der Waals surface area contributed by atoms with Gasteiger partial charge in [-0.05, 0) is 36.4 Å². The lowest BCUT2D eigenvalue weighted by Crippen LogP contribution is -2.19. The molecule has 1 amide bonds. The van der Waals surface area contributed by atoms with Gasteiger partial charge in [0, 0.05) is 17.4 Å². The minimum atomic E-state index is -4.77. The Bertz CT molecular complexity index is 1150. The first-order chi connectivity index (χ1) is 13.9. The zero-order valence-corrected chi connectivity index (χ0v) is 14.5. The van der Waals surface area contributed by atoms with Gasteiger partial charge in [-0.3, -0.25) is 4.79 Å². The summed E-state index contributed by atoms with van der Waals surface area (Å²) in [6.07, 6.45) is -0.00606. The van der Waals surface area contributed by atoms with Gasteiger partial charge in [-0.15, -0.1) is 18.3 Å². The van der Waals surface area contributed by atoms with E-state index in [0.717, 1.165) is 17.7 Å². The average molecular weight is 403 g/mol. The van der Waals surface area contributed by atoms with Crippen LogP contribution in [0.4, 0.5) is 18.9 Å². The zero-order chi connectivity index (χ0) is 20.4.